The maximum Gasteiger partial charge on any atom is 0.270 e. The molecule has 0 aliphatic heterocycles. The van der Waals surface area contributed by atoms with Crippen molar-refractivity contribution in [3.63, 3.8) is 0 Å². The average Bonchev–Trinajstić information content (AvgIpc) is 2.68. The molecule has 0 radical (unpaired) electrons. The van der Waals surface area contributed by atoms with Gasteiger partial charge in [0.1, 0.15) is 5.82 Å². The number of aromatic nitrogens is 3. The molecule has 5 nitrogen and oxygen atoms in total. The van der Waals surface area contributed by atoms with E-state index in [1.807, 2.05) is 0 Å². The van der Waals surface area contributed by atoms with Gasteiger partial charge >= 0.3 is 0 Å². The van der Waals surface area contributed by atoms with Crippen molar-refractivity contribution in [2.24, 2.45) is 5.73 Å². The van der Waals surface area contributed by atoms with Gasteiger partial charge in [-0.1, -0.05) is 5.21 Å². The average molecular weight is 206 g/mol. The third-order valence-electron chi connectivity index (χ3n) is 1.84. The monoisotopic (exact) mass is 206 g/mol. The maximum absolute atomic E-state index is 12.6. The molecule has 15 heavy (non-hydrogen) atoms. The zero-order valence-corrected chi connectivity index (χ0v) is 7.59. The van der Waals surface area contributed by atoms with Crippen molar-refractivity contribution in [3.05, 3.63) is 42.0 Å². The van der Waals surface area contributed by atoms with Gasteiger partial charge in [-0.15, -0.1) is 5.10 Å². The van der Waals surface area contributed by atoms with Crippen molar-refractivity contribution in [3.8, 4) is 5.69 Å². The van der Waals surface area contributed by atoms with Crippen LogP contribution in [0.3, 0.4) is 0 Å². The Bertz CT molecular complexity index is 491. The molecule has 0 spiro atoms. The van der Waals surface area contributed by atoms with Crippen LogP contribution in [0.5, 0.6) is 0 Å². The van der Waals surface area contributed by atoms with Crippen LogP contribution in [0, 0.1) is 5.82 Å². The van der Waals surface area contributed by atoms with Crippen molar-refractivity contribution >= 4 is 5.91 Å². The zero-order chi connectivity index (χ0) is 10.8. The van der Waals surface area contributed by atoms with E-state index in [9.17, 15) is 9.18 Å². The number of hydrogen-bond acceptors (Lipinski definition) is 3. The van der Waals surface area contributed by atoms with E-state index in [0.717, 1.165) is 0 Å². The van der Waals surface area contributed by atoms with Crippen LogP contribution in [0.15, 0.2) is 30.5 Å². The second kappa shape index (κ2) is 3.49. The van der Waals surface area contributed by atoms with E-state index in [1.54, 1.807) is 0 Å². The minimum atomic E-state index is -0.650. The molecule has 6 heteroatoms. The number of carbonyl (C=O) groups is 1. The van der Waals surface area contributed by atoms with Crippen LogP contribution in [-0.2, 0) is 0 Å². The van der Waals surface area contributed by atoms with Gasteiger partial charge in [-0.3, -0.25) is 4.79 Å². The summed E-state index contributed by atoms with van der Waals surface area (Å²) in [6.45, 7) is 0. The Hall–Kier alpha value is -2.24. The van der Waals surface area contributed by atoms with E-state index in [1.165, 1.54) is 35.1 Å². The van der Waals surface area contributed by atoms with Gasteiger partial charge in [-0.2, -0.15) is 0 Å². The van der Waals surface area contributed by atoms with Crippen molar-refractivity contribution in [1.82, 2.24) is 15.0 Å². The quantitative estimate of drug-likeness (QED) is 0.777. The summed E-state index contributed by atoms with van der Waals surface area (Å²) in [6.07, 6.45) is 1.38. The van der Waals surface area contributed by atoms with Gasteiger partial charge in [0.25, 0.3) is 5.91 Å². The molecule has 1 aromatic heterocycles. The van der Waals surface area contributed by atoms with Gasteiger partial charge in [-0.05, 0) is 24.3 Å². The van der Waals surface area contributed by atoms with Crippen molar-refractivity contribution < 1.29 is 9.18 Å². The largest absolute Gasteiger partial charge is 0.364 e. The molecule has 1 aromatic carbocycles. The third kappa shape index (κ3) is 1.83. The molecule has 0 unspecified atom stereocenters. The SMILES string of the molecule is NC(=O)c1cn(-c2ccc(F)cc2)nn1. The molecule has 0 atom stereocenters. The summed E-state index contributed by atoms with van der Waals surface area (Å²) in [5, 5.41) is 7.24. The predicted molar refractivity (Wildman–Crippen MR) is 49.8 cm³/mol. The maximum atomic E-state index is 12.6. The first-order valence-electron chi connectivity index (χ1n) is 4.15. The molecular weight excluding hydrogens is 199 g/mol. The Labute approximate surface area is 84.3 Å². The number of rotatable bonds is 2. The molecule has 76 valence electrons. The van der Waals surface area contributed by atoms with Crippen LogP contribution in [0.2, 0.25) is 0 Å². The lowest BCUT2D eigenvalue weighted by atomic mass is 10.3. The van der Waals surface area contributed by atoms with E-state index in [4.69, 9.17) is 5.73 Å². The van der Waals surface area contributed by atoms with Crippen LogP contribution in [0.4, 0.5) is 4.39 Å². The van der Waals surface area contributed by atoms with Crippen LogP contribution in [0.25, 0.3) is 5.69 Å². The summed E-state index contributed by atoms with van der Waals surface area (Å²) in [4.78, 5) is 10.7. The van der Waals surface area contributed by atoms with Crippen LogP contribution in [0.1, 0.15) is 10.5 Å². The fourth-order valence-electron chi connectivity index (χ4n) is 1.10. The van der Waals surface area contributed by atoms with Crippen LogP contribution < -0.4 is 5.73 Å². The predicted octanol–water partition coefficient (Wildman–Crippen LogP) is 0.505. The second-order valence-corrected chi connectivity index (χ2v) is 2.89. The zero-order valence-electron chi connectivity index (χ0n) is 7.59. The van der Waals surface area contributed by atoms with E-state index >= 15 is 0 Å². The minimum Gasteiger partial charge on any atom is -0.364 e. The summed E-state index contributed by atoms with van der Waals surface area (Å²) >= 11 is 0. The van der Waals surface area contributed by atoms with Crippen molar-refractivity contribution in [2.75, 3.05) is 0 Å². The Morgan fingerprint density at radius 2 is 2.00 bits per heavy atom. The van der Waals surface area contributed by atoms with Gasteiger partial charge in [0.05, 0.1) is 11.9 Å². The Balaban J connectivity index is 2.37. The van der Waals surface area contributed by atoms with Crippen LogP contribution in [-0.4, -0.2) is 20.9 Å². The molecule has 0 saturated carbocycles. The van der Waals surface area contributed by atoms with E-state index < -0.39 is 5.91 Å². The number of primary amides is 1. The molecular formula is C9H7FN4O. The fraction of sp³-hybridized carbons (Fsp3) is 0. The third-order valence-corrected chi connectivity index (χ3v) is 1.84. The van der Waals surface area contributed by atoms with Gasteiger partial charge in [-0.25, -0.2) is 9.07 Å². The molecule has 0 aliphatic carbocycles. The van der Waals surface area contributed by atoms with E-state index in [0.29, 0.717) is 5.69 Å². The highest BCUT2D eigenvalue weighted by Crippen LogP contribution is 2.07. The molecule has 1 heterocycles. The normalized spacial score (nSPS) is 10.2. The van der Waals surface area contributed by atoms with Gasteiger partial charge < -0.3 is 5.73 Å². The second-order valence-electron chi connectivity index (χ2n) is 2.89. The van der Waals surface area contributed by atoms with Gasteiger partial charge in [0.15, 0.2) is 5.69 Å². The number of nitrogens with two attached hydrogens (primary N) is 1. The lowest BCUT2D eigenvalue weighted by Crippen LogP contribution is -2.11. The molecule has 2 rings (SSSR count). The number of nitrogens with zero attached hydrogens (tertiary/aromatic N) is 3. The van der Waals surface area contributed by atoms with E-state index in [2.05, 4.69) is 10.3 Å². The Kier molecular flexibility index (Phi) is 2.17. The topological polar surface area (TPSA) is 73.8 Å². The lowest BCUT2D eigenvalue weighted by molar-refractivity contribution is 0.0995. The summed E-state index contributed by atoms with van der Waals surface area (Å²) < 4.78 is 14.0. The Morgan fingerprint density at radius 3 is 2.53 bits per heavy atom. The first-order chi connectivity index (χ1) is 7.16. The summed E-state index contributed by atoms with van der Waals surface area (Å²) in [7, 11) is 0. The molecule has 0 bridgehead atoms. The summed E-state index contributed by atoms with van der Waals surface area (Å²) in [5.41, 5.74) is 5.69. The first kappa shape index (κ1) is 9.32. The van der Waals surface area contributed by atoms with E-state index in [-0.39, 0.29) is 11.5 Å². The first-order valence-corrected chi connectivity index (χ1v) is 4.15. The number of hydrogen-bond donors (Lipinski definition) is 1. The van der Waals surface area contributed by atoms with Gasteiger partial charge in [0.2, 0.25) is 0 Å². The van der Waals surface area contributed by atoms with Gasteiger partial charge in [0, 0.05) is 0 Å². The smallest absolute Gasteiger partial charge is 0.270 e. The molecule has 0 saturated heterocycles. The number of carbonyl (C=O) groups excluding carboxylic acids is 1. The molecule has 2 aromatic rings. The number of benzene rings is 1. The Morgan fingerprint density at radius 1 is 1.33 bits per heavy atom. The summed E-state index contributed by atoms with van der Waals surface area (Å²) in [5.74, 6) is -0.989. The molecule has 0 aliphatic rings. The molecule has 2 N–H and O–H groups in total. The lowest BCUT2D eigenvalue weighted by Gasteiger charge is -1.97. The standard InChI is InChI=1S/C9H7FN4O/c10-6-1-3-7(4-2-6)14-5-8(9(11)15)12-13-14/h1-5H,(H2,11,15). The number of amides is 1. The highest BCUT2D eigenvalue weighted by molar-refractivity contribution is 5.90. The molecule has 1 amide bonds. The summed E-state index contributed by atoms with van der Waals surface area (Å²) in [6, 6.07) is 5.63. The molecule has 0 fully saturated rings. The fourth-order valence-corrected chi connectivity index (χ4v) is 1.10. The van der Waals surface area contributed by atoms with Crippen LogP contribution >= 0.6 is 0 Å². The minimum absolute atomic E-state index is 0.0688. The van der Waals surface area contributed by atoms with Crippen molar-refractivity contribution in [1.29, 1.82) is 0 Å². The number of halogens is 1. The highest BCUT2D eigenvalue weighted by Gasteiger charge is 2.06. The highest BCUT2D eigenvalue weighted by atomic mass is 19.1. The van der Waals surface area contributed by atoms with Crippen molar-refractivity contribution in [2.45, 2.75) is 0 Å².